The minimum absolute atomic E-state index is 0.929. The molecule has 0 N–H and O–H groups in total. The van der Waals surface area contributed by atoms with Gasteiger partial charge < -0.3 is 0 Å². The second-order valence-corrected chi connectivity index (χ2v) is 3.03. The van der Waals surface area contributed by atoms with Crippen LogP contribution in [0.5, 0.6) is 0 Å². The molecule has 0 saturated heterocycles. The molecule has 0 aromatic carbocycles. The molecule has 0 bridgehead atoms. The van der Waals surface area contributed by atoms with E-state index in [4.69, 9.17) is 0 Å². The number of hydrogen-bond donors (Lipinski definition) is 0. The number of nitrogens with zero attached hydrogens (tertiary/aromatic N) is 3. The van der Waals surface area contributed by atoms with Crippen LogP contribution in [0.25, 0.3) is 10.2 Å². The lowest BCUT2D eigenvalue weighted by molar-refractivity contribution is 1.03. The summed E-state index contributed by atoms with van der Waals surface area (Å²) in [4.78, 5) is 0. The van der Waals surface area contributed by atoms with Crippen LogP contribution in [0.3, 0.4) is 0 Å². The predicted octanol–water partition coefficient (Wildman–Crippen LogP) is 1.65. The molecule has 0 aliphatic heterocycles. The highest BCUT2D eigenvalue weighted by atomic mass is 32.1. The van der Waals surface area contributed by atoms with E-state index in [0.717, 1.165) is 22.3 Å². The van der Waals surface area contributed by atoms with Gasteiger partial charge in [-0.05, 0) is 24.0 Å². The topological polar surface area (TPSA) is 38.7 Å². The van der Waals surface area contributed by atoms with Crippen molar-refractivity contribution >= 4 is 21.7 Å². The summed E-state index contributed by atoms with van der Waals surface area (Å²) in [7, 11) is 0. The van der Waals surface area contributed by atoms with Crippen molar-refractivity contribution in [3.05, 3.63) is 18.0 Å². The first kappa shape index (κ1) is 6.67. The molecule has 11 heavy (non-hydrogen) atoms. The van der Waals surface area contributed by atoms with Crippen LogP contribution in [0.4, 0.5) is 0 Å². The molecule has 3 nitrogen and oxygen atoms in total. The van der Waals surface area contributed by atoms with E-state index in [1.54, 1.807) is 6.20 Å². The van der Waals surface area contributed by atoms with Gasteiger partial charge in [-0.1, -0.05) is 6.92 Å². The van der Waals surface area contributed by atoms with Crippen molar-refractivity contribution in [2.75, 3.05) is 0 Å². The molecule has 2 aromatic heterocycles. The lowest BCUT2D eigenvalue weighted by atomic mass is 10.3. The number of fused-ring (bicyclic) bond motifs is 1. The molecule has 0 spiro atoms. The van der Waals surface area contributed by atoms with Crippen molar-refractivity contribution in [1.29, 1.82) is 0 Å². The largest absolute Gasteiger partial charge is 0.195 e. The summed E-state index contributed by atoms with van der Waals surface area (Å²) in [6.07, 6.45) is 2.62. The van der Waals surface area contributed by atoms with Crippen molar-refractivity contribution in [2.45, 2.75) is 13.3 Å². The van der Waals surface area contributed by atoms with Crippen LogP contribution >= 0.6 is 11.5 Å². The maximum Gasteiger partial charge on any atom is 0.127 e. The zero-order valence-corrected chi connectivity index (χ0v) is 6.93. The van der Waals surface area contributed by atoms with Crippen molar-refractivity contribution in [3.63, 3.8) is 0 Å². The average molecular weight is 165 g/mol. The van der Waals surface area contributed by atoms with Crippen molar-refractivity contribution in [2.24, 2.45) is 0 Å². The Labute approximate surface area is 68.3 Å². The zero-order valence-electron chi connectivity index (χ0n) is 6.11. The fraction of sp³-hybridized carbons (Fsp3) is 0.286. The molecule has 0 amide bonds. The lowest BCUT2D eigenvalue weighted by Crippen LogP contribution is -1.83. The van der Waals surface area contributed by atoms with Crippen LogP contribution in [-0.4, -0.2) is 14.6 Å². The molecule has 0 aliphatic carbocycles. The van der Waals surface area contributed by atoms with Crippen LogP contribution < -0.4 is 0 Å². The van der Waals surface area contributed by atoms with Gasteiger partial charge in [-0.25, -0.2) is 0 Å². The van der Waals surface area contributed by atoms with Gasteiger partial charge in [0.1, 0.15) is 5.52 Å². The fourth-order valence-electron chi connectivity index (χ4n) is 0.973. The molecule has 2 heterocycles. The van der Waals surface area contributed by atoms with Gasteiger partial charge in [0.15, 0.2) is 0 Å². The SMILES string of the molecule is CCc1nsc2ccnnc12. The van der Waals surface area contributed by atoms with Crippen LogP contribution in [0.2, 0.25) is 0 Å². The monoisotopic (exact) mass is 165 g/mol. The highest BCUT2D eigenvalue weighted by molar-refractivity contribution is 7.13. The molecule has 0 aliphatic rings. The van der Waals surface area contributed by atoms with Gasteiger partial charge in [0, 0.05) is 0 Å². The van der Waals surface area contributed by atoms with E-state index in [9.17, 15) is 0 Å². The van der Waals surface area contributed by atoms with E-state index < -0.39 is 0 Å². The van der Waals surface area contributed by atoms with Gasteiger partial charge in [0.2, 0.25) is 0 Å². The molecule has 0 saturated carbocycles. The Bertz CT molecular complexity index is 368. The van der Waals surface area contributed by atoms with Crippen LogP contribution in [-0.2, 0) is 6.42 Å². The molecule has 2 rings (SSSR count). The first-order chi connectivity index (χ1) is 5.42. The minimum Gasteiger partial charge on any atom is -0.195 e. The van der Waals surface area contributed by atoms with Gasteiger partial charge in [-0.15, -0.1) is 5.10 Å². The second kappa shape index (κ2) is 2.54. The third kappa shape index (κ3) is 0.991. The number of hydrogen-bond acceptors (Lipinski definition) is 4. The van der Waals surface area contributed by atoms with Gasteiger partial charge >= 0.3 is 0 Å². The first-order valence-electron chi connectivity index (χ1n) is 3.47. The first-order valence-corrected chi connectivity index (χ1v) is 4.25. The Balaban J connectivity index is 2.76. The molecule has 0 fully saturated rings. The maximum absolute atomic E-state index is 4.25. The predicted molar refractivity (Wildman–Crippen MR) is 44.6 cm³/mol. The number of rotatable bonds is 1. The molecule has 4 heteroatoms. The van der Waals surface area contributed by atoms with E-state index in [1.165, 1.54) is 11.5 Å². The fourth-order valence-corrected chi connectivity index (χ4v) is 1.76. The van der Waals surface area contributed by atoms with Gasteiger partial charge in [0.25, 0.3) is 0 Å². The highest BCUT2D eigenvalue weighted by Gasteiger charge is 2.03. The zero-order chi connectivity index (χ0) is 7.68. The second-order valence-electron chi connectivity index (χ2n) is 2.23. The molecule has 0 unspecified atom stereocenters. The average Bonchev–Trinajstić information content (AvgIpc) is 2.47. The molecular formula is C7H7N3S. The van der Waals surface area contributed by atoms with Crippen molar-refractivity contribution < 1.29 is 0 Å². The van der Waals surface area contributed by atoms with Crippen LogP contribution in [0.1, 0.15) is 12.6 Å². The third-order valence-electron chi connectivity index (χ3n) is 1.55. The molecular weight excluding hydrogens is 158 g/mol. The van der Waals surface area contributed by atoms with E-state index >= 15 is 0 Å². The number of aromatic nitrogens is 3. The smallest absolute Gasteiger partial charge is 0.127 e. The Morgan fingerprint density at radius 2 is 2.45 bits per heavy atom. The summed E-state index contributed by atoms with van der Waals surface area (Å²) in [5.41, 5.74) is 2.01. The van der Waals surface area contributed by atoms with Crippen LogP contribution in [0, 0.1) is 0 Å². The minimum atomic E-state index is 0.929. The molecule has 0 radical (unpaired) electrons. The summed E-state index contributed by atoms with van der Waals surface area (Å²) in [5, 5.41) is 7.82. The summed E-state index contributed by atoms with van der Waals surface area (Å²) in [6, 6.07) is 1.94. The molecule has 2 aromatic rings. The van der Waals surface area contributed by atoms with Crippen molar-refractivity contribution in [3.8, 4) is 0 Å². The standard InChI is InChI=1S/C7H7N3S/c1-2-5-7-6(11-10-5)3-4-8-9-7/h3-4H,2H2,1H3. The highest BCUT2D eigenvalue weighted by Crippen LogP contribution is 2.18. The summed E-state index contributed by atoms with van der Waals surface area (Å²) < 4.78 is 5.38. The Morgan fingerprint density at radius 3 is 3.27 bits per heavy atom. The van der Waals surface area contributed by atoms with Gasteiger partial charge in [0.05, 0.1) is 16.6 Å². The maximum atomic E-state index is 4.25. The number of aryl methyl sites for hydroxylation is 1. The molecule has 0 atom stereocenters. The third-order valence-corrected chi connectivity index (χ3v) is 2.38. The lowest BCUT2D eigenvalue weighted by Gasteiger charge is -1.86. The van der Waals surface area contributed by atoms with Gasteiger partial charge in [-0.3, -0.25) is 0 Å². The quantitative estimate of drug-likeness (QED) is 0.645. The Hall–Kier alpha value is -1.03. The molecule has 56 valence electrons. The van der Waals surface area contributed by atoms with Gasteiger partial charge in [-0.2, -0.15) is 9.47 Å². The summed E-state index contributed by atoms with van der Waals surface area (Å²) in [5.74, 6) is 0. The van der Waals surface area contributed by atoms with Crippen molar-refractivity contribution in [1.82, 2.24) is 14.6 Å². The van der Waals surface area contributed by atoms with E-state index in [-0.39, 0.29) is 0 Å². The summed E-state index contributed by atoms with van der Waals surface area (Å²) >= 11 is 1.49. The Morgan fingerprint density at radius 1 is 1.55 bits per heavy atom. The summed E-state index contributed by atoms with van der Waals surface area (Å²) in [6.45, 7) is 2.07. The normalized spacial score (nSPS) is 10.6. The van der Waals surface area contributed by atoms with Crippen LogP contribution in [0.15, 0.2) is 12.3 Å². The Kier molecular flexibility index (Phi) is 1.54. The van der Waals surface area contributed by atoms with E-state index in [1.807, 2.05) is 6.07 Å². The van der Waals surface area contributed by atoms with E-state index in [2.05, 4.69) is 21.5 Å². The van der Waals surface area contributed by atoms with E-state index in [0.29, 0.717) is 0 Å².